The molecule has 0 radical (unpaired) electrons. The van der Waals surface area contributed by atoms with Gasteiger partial charge in [-0.15, -0.1) is 22.9 Å². The Bertz CT molecular complexity index is 686. The maximum Gasteiger partial charge on any atom is 0.245 e. The third-order valence-corrected chi connectivity index (χ3v) is 7.28. The first-order valence-corrected chi connectivity index (χ1v) is 9.38. The summed E-state index contributed by atoms with van der Waals surface area (Å²) in [5.41, 5.74) is 0.947. The number of alkyl halides is 1. The van der Waals surface area contributed by atoms with Gasteiger partial charge < -0.3 is 0 Å². The molecule has 108 valence electrons. The highest BCUT2D eigenvalue weighted by molar-refractivity contribution is 9.11. The highest BCUT2D eigenvalue weighted by atomic mass is 79.9. The molecule has 2 rings (SSSR count). The van der Waals surface area contributed by atoms with Gasteiger partial charge >= 0.3 is 0 Å². The molecule has 1 heterocycles. The largest absolute Gasteiger partial charge is 0.245 e. The van der Waals surface area contributed by atoms with E-state index in [1.165, 1.54) is 15.6 Å². The minimum Gasteiger partial charge on any atom is -0.207 e. The fraction of sp³-hybridized carbons (Fsp3) is 0.231. The quantitative estimate of drug-likeness (QED) is 0.717. The van der Waals surface area contributed by atoms with Crippen LogP contribution in [-0.2, 0) is 22.4 Å². The van der Waals surface area contributed by atoms with Crippen LogP contribution in [0.1, 0.15) is 10.4 Å². The lowest BCUT2D eigenvalue weighted by molar-refractivity contribution is 0.466. The molecule has 3 nitrogen and oxygen atoms in total. The van der Waals surface area contributed by atoms with Gasteiger partial charge in [0.1, 0.15) is 4.90 Å². The summed E-state index contributed by atoms with van der Waals surface area (Å²) >= 11 is 10.4. The highest BCUT2D eigenvalue weighted by Gasteiger charge is 2.25. The van der Waals surface area contributed by atoms with Crippen molar-refractivity contribution in [3.8, 4) is 0 Å². The molecular weight excluding hydrogens is 382 g/mol. The number of hydrogen-bond donors (Lipinski definition) is 0. The molecule has 0 aliphatic rings. The van der Waals surface area contributed by atoms with Crippen molar-refractivity contribution in [2.45, 2.75) is 17.3 Å². The van der Waals surface area contributed by atoms with Crippen molar-refractivity contribution in [3.63, 3.8) is 0 Å². The van der Waals surface area contributed by atoms with Gasteiger partial charge in [-0.3, -0.25) is 0 Å². The Morgan fingerprint density at radius 1 is 1.30 bits per heavy atom. The van der Waals surface area contributed by atoms with E-state index in [1.807, 2.05) is 30.3 Å². The maximum atomic E-state index is 12.5. The number of thiophene rings is 1. The van der Waals surface area contributed by atoms with Crippen molar-refractivity contribution in [2.24, 2.45) is 0 Å². The molecule has 0 bridgehead atoms. The zero-order valence-electron chi connectivity index (χ0n) is 10.7. The van der Waals surface area contributed by atoms with E-state index >= 15 is 0 Å². The molecular formula is C13H13BrClNO2S2. The third-order valence-electron chi connectivity index (χ3n) is 2.77. The summed E-state index contributed by atoms with van der Waals surface area (Å²) in [5.74, 6) is 0.307. The van der Waals surface area contributed by atoms with Crippen molar-refractivity contribution < 1.29 is 8.42 Å². The minimum atomic E-state index is -3.52. The van der Waals surface area contributed by atoms with Crippen molar-refractivity contribution >= 4 is 48.9 Å². The van der Waals surface area contributed by atoms with E-state index in [9.17, 15) is 8.42 Å². The first-order chi connectivity index (χ1) is 9.45. The molecule has 0 atom stereocenters. The van der Waals surface area contributed by atoms with Gasteiger partial charge in [-0.05, 0) is 27.6 Å². The lowest BCUT2D eigenvalue weighted by atomic mass is 10.2. The molecule has 0 aliphatic heterocycles. The van der Waals surface area contributed by atoms with Gasteiger partial charge in [0.25, 0.3) is 0 Å². The van der Waals surface area contributed by atoms with Crippen LogP contribution in [0.25, 0.3) is 0 Å². The van der Waals surface area contributed by atoms with E-state index in [4.69, 9.17) is 11.6 Å². The van der Waals surface area contributed by atoms with Gasteiger partial charge in [0.15, 0.2) is 0 Å². The maximum absolute atomic E-state index is 12.5. The van der Waals surface area contributed by atoms with Gasteiger partial charge in [-0.25, -0.2) is 8.42 Å². The molecule has 0 unspecified atom stereocenters. The van der Waals surface area contributed by atoms with Crippen LogP contribution >= 0.6 is 38.9 Å². The number of benzene rings is 1. The fourth-order valence-electron chi connectivity index (χ4n) is 1.73. The molecule has 0 aliphatic carbocycles. The van der Waals surface area contributed by atoms with E-state index < -0.39 is 10.0 Å². The van der Waals surface area contributed by atoms with Gasteiger partial charge in [0, 0.05) is 18.5 Å². The van der Waals surface area contributed by atoms with Crippen LogP contribution in [0.15, 0.2) is 45.1 Å². The number of sulfonamides is 1. The summed E-state index contributed by atoms with van der Waals surface area (Å²) in [5, 5.41) is 0. The van der Waals surface area contributed by atoms with Crippen LogP contribution < -0.4 is 0 Å². The van der Waals surface area contributed by atoms with Crippen LogP contribution in [-0.4, -0.2) is 19.8 Å². The molecule has 0 spiro atoms. The Labute approximate surface area is 136 Å². The summed E-state index contributed by atoms with van der Waals surface area (Å²) < 4.78 is 27.0. The minimum absolute atomic E-state index is 0.275. The molecule has 0 amide bonds. The van der Waals surface area contributed by atoms with Gasteiger partial charge in [-0.1, -0.05) is 30.3 Å². The normalized spacial score (nSPS) is 12.0. The first-order valence-electron chi connectivity index (χ1n) is 5.79. The Hall–Kier alpha value is -0.400. The fourth-order valence-corrected chi connectivity index (χ4v) is 5.61. The van der Waals surface area contributed by atoms with E-state index in [1.54, 1.807) is 13.1 Å². The number of halogens is 2. The molecule has 0 saturated carbocycles. The smallest absolute Gasteiger partial charge is 0.207 e. The summed E-state index contributed by atoms with van der Waals surface area (Å²) in [6.45, 7) is 0.335. The SMILES string of the molecule is CN(Cc1ccccc1)S(=O)(=O)c1cc(CCl)sc1Br. The molecule has 0 N–H and O–H groups in total. The predicted octanol–water partition coefficient (Wildman–Crippen LogP) is 4.07. The van der Waals surface area contributed by atoms with E-state index in [0.29, 0.717) is 16.2 Å². The van der Waals surface area contributed by atoms with Gasteiger partial charge in [0.05, 0.1) is 9.67 Å². The zero-order valence-corrected chi connectivity index (χ0v) is 14.7. The van der Waals surface area contributed by atoms with Crippen molar-refractivity contribution in [2.75, 3.05) is 7.05 Å². The second kappa shape index (κ2) is 6.58. The number of rotatable bonds is 5. The molecule has 0 fully saturated rings. The molecule has 1 aromatic carbocycles. The summed E-state index contributed by atoms with van der Waals surface area (Å²) in [4.78, 5) is 1.10. The zero-order chi connectivity index (χ0) is 14.8. The van der Waals surface area contributed by atoms with Gasteiger partial charge in [-0.2, -0.15) is 4.31 Å². The monoisotopic (exact) mass is 393 g/mol. The van der Waals surface area contributed by atoms with Crippen LogP contribution in [0.5, 0.6) is 0 Å². The second-order valence-corrected chi connectivity index (χ2v) is 8.97. The van der Waals surface area contributed by atoms with Crippen molar-refractivity contribution in [1.29, 1.82) is 0 Å². The molecule has 0 saturated heterocycles. The standard InChI is InChI=1S/C13H13BrClNO2S2/c1-16(9-10-5-3-2-4-6-10)20(17,18)12-7-11(8-15)19-13(12)14/h2-7H,8-9H2,1H3. The number of nitrogens with zero attached hydrogens (tertiary/aromatic N) is 1. The van der Waals surface area contributed by atoms with Crippen LogP contribution in [0.2, 0.25) is 0 Å². The molecule has 2 aromatic rings. The predicted molar refractivity (Wildman–Crippen MR) is 86.7 cm³/mol. The Kier molecular flexibility index (Phi) is 5.25. The van der Waals surface area contributed by atoms with E-state index in [0.717, 1.165) is 10.4 Å². The van der Waals surface area contributed by atoms with E-state index in [-0.39, 0.29) is 4.90 Å². The summed E-state index contributed by atoms with van der Waals surface area (Å²) in [7, 11) is -1.94. The molecule has 1 aromatic heterocycles. The Morgan fingerprint density at radius 2 is 1.95 bits per heavy atom. The average Bonchev–Trinajstić information content (AvgIpc) is 2.82. The topological polar surface area (TPSA) is 37.4 Å². The molecule has 7 heteroatoms. The number of hydrogen-bond acceptors (Lipinski definition) is 3. The average molecular weight is 395 g/mol. The highest BCUT2D eigenvalue weighted by Crippen LogP contribution is 2.34. The summed E-state index contributed by atoms with van der Waals surface area (Å²) in [6, 6.07) is 11.1. The van der Waals surface area contributed by atoms with Crippen LogP contribution in [0.3, 0.4) is 0 Å². The van der Waals surface area contributed by atoms with Crippen LogP contribution in [0, 0.1) is 0 Å². The summed E-state index contributed by atoms with van der Waals surface area (Å²) in [6.07, 6.45) is 0. The first kappa shape index (κ1) is 16.0. The lowest BCUT2D eigenvalue weighted by Crippen LogP contribution is -2.26. The van der Waals surface area contributed by atoms with E-state index in [2.05, 4.69) is 15.9 Å². The Balaban J connectivity index is 2.27. The molecule has 20 heavy (non-hydrogen) atoms. The lowest BCUT2D eigenvalue weighted by Gasteiger charge is -2.16. The third kappa shape index (κ3) is 3.43. The van der Waals surface area contributed by atoms with Crippen LogP contribution in [0.4, 0.5) is 0 Å². The van der Waals surface area contributed by atoms with Crippen molar-refractivity contribution in [3.05, 3.63) is 50.6 Å². The second-order valence-electron chi connectivity index (χ2n) is 4.23. The van der Waals surface area contributed by atoms with Crippen molar-refractivity contribution in [1.82, 2.24) is 4.31 Å². The van der Waals surface area contributed by atoms with Gasteiger partial charge in [0.2, 0.25) is 10.0 Å². The Morgan fingerprint density at radius 3 is 2.50 bits per heavy atom.